The van der Waals surface area contributed by atoms with E-state index >= 15 is 0 Å². The molecule has 132 valence electrons. The average Bonchev–Trinajstić information content (AvgIpc) is 2.91. The highest BCUT2D eigenvalue weighted by atomic mass is 16.5. The molecule has 0 bridgehead atoms. The lowest BCUT2D eigenvalue weighted by atomic mass is 10.1. The fraction of sp³-hybridized carbons (Fsp3) is 0.400. The normalized spacial score (nSPS) is 14.7. The van der Waals surface area contributed by atoms with Crippen molar-refractivity contribution in [3.8, 4) is 5.75 Å². The van der Waals surface area contributed by atoms with Gasteiger partial charge in [0, 0.05) is 19.3 Å². The van der Waals surface area contributed by atoms with Crippen molar-refractivity contribution < 1.29 is 9.53 Å². The maximum Gasteiger partial charge on any atom is 0.259 e. The molecule has 0 saturated carbocycles. The summed E-state index contributed by atoms with van der Waals surface area (Å²) >= 11 is 0. The Bertz CT molecular complexity index is 737. The third-order valence-corrected chi connectivity index (χ3v) is 4.54. The van der Waals surface area contributed by atoms with Crippen LogP contribution >= 0.6 is 0 Å². The number of carbonyl (C=O) groups excluding carboxylic acids is 1. The number of pyridine rings is 1. The number of benzene rings is 1. The highest BCUT2D eigenvalue weighted by molar-refractivity contribution is 6.08. The number of carbonyl (C=O) groups is 1. The molecule has 5 heteroatoms. The van der Waals surface area contributed by atoms with E-state index in [2.05, 4.69) is 15.2 Å². The lowest BCUT2D eigenvalue weighted by Crippen LogP contribution is -2.28. The van der Waals surface area contributed by atoms with Gasteiger partial charge in [-0.2, -0.15) is 0 Å². The summed E-state index contributed by atoms with van der Waals surface area (Å²) in [6, 6.07) is 9.39. The van der Waals surface area contributed by atoms with E-state index in [1.807, 2.05) is 37.3 Å². The second-order valence-corrected chi connectivity index (χ2v) is 6.43. The Labute approximate surface area is 149 Å². The van der Waals surface area contributed by atoms with Crippen LogP contribution in [0.2, 0.25) is 0 Å². The number of hydrogen-bond acceptors (Lipinski definition) is 4. The van der Waals surface area contributed by atoms with Crippen molar-refractivity contribution >= 4 is 17.4 Å². The minimum absolute atomic E-state index is 0.156. The number of nitrogens with one attached hydrogen (secondary N) is 1. The summed E-state index contributed by atoms with van der Waals surface area (Å²) in [6.45, 7) is 3.89. The summed E-state index contributed by atoms with van der Waals surface area (Å²) in [5.41, 5.74) is 2.35. The predicted octanol–water partition coefficient (Wildman–Crippen LogP) is 4.03. The lowest BCUT2D eigenvalue weighted by molar-refractivity contribution is 0.102. The maximum atomic E-state index is 12.9. The Morgan fingerprint density at radius 1 is 1.16 bits per heavy atom. The van der Waals surface area contributed by atoms with Crippen molar-refractivity contribution in [2.24, 2.45) is 0 Å². The SMILES string of the molecule is COc1ccc(C)cc1NC(=O)c1cccnc1N1CCCCCC1. The molecule has 0 radical (unpaired) electrons. The van der Waals surface area contributed by atoms with Gasteiger partial charge < -0.3 is 15.0 Å². The summed E-state index contributed by atoms with van der Waals surface area (Å²) < 4.78 is 5.36. The number of aromatic nitrogens is 1. The van der Waals surface area contributed by atoms with Gasteiger partial charge in [0.05, 0.1) is 18.4 Å². The van der Waals surface area contributed by atoms with Gasteiger partial charge in [0.25, 0.3) is 5.91 Å². The number of aryl methyl sites for hydroxylation is 1. The van der Waals surface area contributed by atoms with Crippen LogP contribution in [0, 0.1) is 6.92 Å². The van der Waals surface area contributed by atoms with E-state index in [0.29, 0.717) is 17.0 Å². The highest BCUT2D eigenvalue weighted by Gasteiger charge is 2.20. The monoisotopic (exact) mass is 339 g/mol. The first kappa shape index (κ1) is 17.3. The Hall–Kier alpha value is -2.56. The molecule has 2 heterocycles. The molecule has 3 rings (SSSR count). The number of ether oxygens (including phenoxy) is 1. The van der Waals surface area contributed by atoms with Gasteiger partial charge in [0.2, 0.25) is 0 Å². The number of amides is 1. The number of nitrogens with zero attached hydrogens (tertiary/aromatic N) is 2. The quantitative estimate of drug-likeness (QED) is 0.914. The van der Waals surface area contributed by atoms with Crippen LogP contribution in [0.5, 0.6) is 5.75 Å². The minimum atomic E-state index is -0.156. The topological polar surface area (TPSA) is 54.5 Å². The fourth-order valence-corrected chi connectivity index (χ4v) is 3.22. The first-order valence-corrected chi connectivity index (χ1v) is 8.85. The molecule has 1 amide bonds. The van der Waals surface area contributed by atoms with Gasteiger partial charge in [-0.25, -0.2) is 4.98 Å². The molecule has 0 atom stereocenters. The van der Waals surface area contributed by atoms with Gasteiger partial charge in [-0.15, -0.1) is 0 Å². The standard InChI is InChI=1S/C20H25N3O2/c1-15-9-10-18(25-2)17(14-15)22-20(24)16-8-7-11-21-19(16)23-12-5-3-4-6-13-23/h7-11,14H,3-6,12-13H2,1-2H3,(H,22,24). The van der Waals surface area contributed by atoms with Crippen molar-refractivity contribution in [3.63, 3.8) is 0 Å². The largest absolute Gasteiger partial charge is 0.495 e. The number of anilines is 2. The molecule has 1 saturated heterocycles. The zero-order chi connectivity index (χ0) is 17.6. The van der Waals surface area contributed by atoms with Crippen molar-refractivity contribution in [3.05, 3.63) is 47.7 Å². The molecule has 1 N–H and O–H groups in total. The average molecular weight is 339 g/mol. The van der Waals surface area contributed by atoms with Gasteiger partial charge in [0.1, 0.15) is 11.6 Å². The van der Waals surface area contributed by atoms with Crippen LogP contribution in [0.25, 0.3) is 0 Å². The smallest absolute Gasteiger partial charge is 0.259 e. The molecule has 0 aliphatic carbocycles. The van der Waals surface area contributed by atoms with Crippen LogP contribution in [0.3, 0.4) is 0 Å². The zero-order valence-electron chi connectivity index (χ0n) is 14.9. The van der Waals surface area contributed by atoms with Gasteiger partial charge in [-0.05, 0) is 49.6 Å². The van der Waals surface area contributed by atoms with E-state index in [-0.39, 0.29) is 5.91 Å². The first-order chi connectivity index (χ1) is 12.2. The summed E-state index contributed by atoms with van der Waals surface area (Å²) in [5, 5.41) is 2.98. The second-order valence-electron chi connectivity index (χ2n) is 6.43. The molecule has 2 aromatic rings. The fourth-order valence-electron chi connectivity index (χ4n) is 3.22. The molecular formula is C20H25N3O2. The molecule has 0 spiro atoms. The van der Waals surface area contributed by atoms with E-state index in [9.17, 15) is 4.79 Å². The van der Waals surface area contributed by atoms with Gasteiger partial charge in [-0.1, -0.05) is 18.9 Å². The van der Waals surface area contributed by atoms with E-state index in [4.69, 9.17) is 4.74 Å². The summed E-state index contributed by atoms with van der Waals surface area (Å²) in [6.07, 6.45) is 6.52. The third-order valence-electron chi connectivity index (χ3n) is 4.54. The van der Waals surface area contributed by atoms with Crippen LogP contribution < -0.4 is 15.0 Å². The van der Waals surface area contributed by atoms with Crippen LogP contribution in [0.4, 0.5) is 11.5 Å². The van der Waals surface area contributed by atoms with E-state index in [1.165, 1.54) is 12.8 Å². The van der Waals surface area contributed by atoms with Gasteiger partial charge >= 0.3 is 0 Å². The number of methoxy groups -OCH3 is 1. The molecule has 1 aliphatic rings. The van der Waals surface area contributed by atoms with Gasteiger partial charge in [-0.3, -0.25) is 4.79 Å². The minimum Gasteiger partial charge on any atom is -0.495 e. The molecule has 25 heavy (non-hydrogen) atoms. The van der Waals surface area contributed by atoms with E-state index in [1.54, 1.807) is 13.3 Å². The van der Waals surface area contributed by atoms with Gasteiger partial charge in [0.15, 0.2) is 0 Å². The molecule has 5 nitrogen and oxygen atoms in total. The van der Waals surface area contributed by atoms with Crippen molar-refractivity contribution in [1.29, 1.82) is 0 Å². The lowest BCUT2D eigenvalue weighted by Gasteiger charge is -2.23. The Balaban J connectivity index is 1.86. The predicted molar refractivity (Wildman–Crippen MR) is 101 cm³/mol. The van der Waals surface area contributed by atoms with Crippen LogP contribution in [-0.4, -0.2) is 31.1 Å². The number of rotatable bonds is 4. The zero-order valence-corrected chi connectivity index (χ0v) is 14.9. The van der Waals surface area contributed by atoms with Crippen molar-refractivity contribution in [1.82, 2.24) is 4.98 Å². The second kappa shape index (κ2) is 8.01. The first-order valence-electron chi connectivity index (χ1n) is 8.85. The summed E-state index contributed by atoms with van der Waals surface area (Å²) in [7, 11) is 1.60. The molecule has 1 fully saturated rings. The van der Waals surface area contributed by atoms with Crippen LogP contribution in [0.1, 0.15) is 41.6 Å². The highest BCUT2D eigenvalue weighted by Crippen LogP contribution is 2.27. The van der Waals surface area contributed by atoms with Crippen molar-refractivity contribution in [2.45, 2.75) is 32.6 Å². The van der Waals surface area contributed by atoms with E-state index in [0.717, 1.165) is 37.3 Å². The van der Waals surface area contributed by atoms with Crippen LogP contribution in [0.15, 0.2) is 36.5 Å². The Morgan fingerprint density at radius 2 is 1.92 bits per heavy atom. The summed E-state index contributed by atoms with van der Waals surface area (Å²) in [4.78, 5) is 19.6. The number of hydrogen-bond donors (Lipinski definition) is 1. The molecule has 1 aromatic heterocycles. The molecule has 0 unspecified atom stereocenters. The van der Waals surface area contributed by atoms with Crippen LogP contribution in [-0.2, 0) is 0 Å². The molecular weight excluding hydrogens is 314 g/mol. The van der Waals surface area contributed by atoms with Crippen molar-refractivity contribution in [2.75, 3.05) is 30.4 Å². The third kappa shape index (κ3) is 4.10. The molecule has 1 aromatic carbocycles. The van der Waals surface area contributed by atoms with E-state index < -0.39 is 0 Å². The molecule has 1 aliphatic heterocycles. The maximum absolute atomic E-state index is 12.9. The summed E-state index contributed by atoms with van der Waals surface area (Å²) in [5.74, 6) is 1.27. The Morgan fingerprint density at radius 3 is 2.64 bits per heavy atom. The Kier molecular flexibility index (Phi) is 5.53.